The van der Waals surface area contributed by atoms with Gasteiger partial charge in [0.15, 0.2) is 0 Å². The minimum atomic E-state index is -3.82. The number of ether oxygens (including phenoxy) is 1. The molecule has 0 aromatic heterocycles. The molecule has 0 saturated carbocycles. The lowest BCUT2D eigenvalue weighted by atomic mass is 10.2. The Bertz CT molecular complexity index is 830. The monoisotopic (exact) mass is 348 g/mol. The first-order valence-corrected chi connectivity index (χ1v) is 8.93. The van der Waals surface area contributed by atoms with Crippen LogP contribution in [0, 0.1) is 13.8 Å². The fourth-order valence-corrected chi connectivity index (χ4v) is 2.91. The highest BCUT2D eigenvalue weighted by atomic mass is 32.2. The number of carbonyl (C=O) groups excluding carboxylic acids is 1. The summed E-state index contributed by atoms with van der Waals surface area (Å²) < 4.78 is 28.5. The molecule has 0 radical (unpaired) electrons. The third-order valence-electron chi connectivity index (χ3n) is 3.40. The molecule has 2 aromatic rings. The minimum Gasteiger partial charge on any atom is -0.493 e. The summed E-state index contributed by atoms with van der Waals surface area (Å²) in [6.45, 7) is 3.85. The van der Waals surface area contributed by atoms with Crippen LogP contribution < -0.4 is 15.2 Å². The van der Waals surface area contributed by atoms with E-state index in [1.54, 1.807) is 19.1 Å². The third kappa shape index (κ3) is 5.07. The van der Waals surface area contributed by atoms with Crippen LogP contribution in [0.5, 0.6) is 5.75 Å². The van der Waals surface area contributed by atoms with Crippen molar-refractivity contribution in [3.8, 4) is 5.75 Å². The normalized spacial score (nSPS) is 11.1. The molecule has 3 N–H and O–H groups in total. The highest BCUT2D eigenvalue weighted by molar-refractivity contribution is 7.89. The maximum absolute atomic E-state index is 11.9. The quantitative estimate of drug-likeness (QED) is 0.837. The molecule has 0 heterocycles. The van der Waals surface area contributed by atoms with Crippen molar-refractivity contribution < 1.29 is 17.9 Å². The molecule has 0 aliphatic carbocycles. The topological polar surface area (TPSA) is 98.5 Å². The van der Waals surface area contributed by atoms with Crippen LogP contribution in [0.2, 0.25) is 0 Å². The van der Waals surface area contributed by atoms with E-state index in [9.17, 15) is 13.2 Å². The summed E-state index contributed by atoms with van der Waals surface area (Å²) in [5.74, 6) is 0.423. The highest BCUT2D eigenvalue weighted by Crippen LogP contribution is 2.19. The van der Waals surface area contributed by atoms with E-state index < -0.39 is 10.0 Å². The van der Waals surface area contributed by atoms with Crippen molar-refractivity contribution >= 4 is 21.6 Å². The Hall–Kier alpha value is -2.38. The number of rotatable bonds is 6. The van der Waals surface area contributed by atoms with E-state index in [1.165, 1.54) is 6.07 Å². The van der Waals surface area contributed by atoms with Crippen LogP contribution in [-0.2, 0) is 14.8 Å². The van der Waals surface area contributed by atoms with E-state index >= 15 is 0 Å². The van der Waals surface area contributed by atoms with E-state index in [-0.39, 0.29) is 23.8 Å². The zero-order chi connectivity index (χ0) is 17.7. The van der Waals surface area contributed by atoms with Gasteiger partial charge >= 0.3 is 0 Å². The number of nitrogens with two attached hydrogens (primary N) is 1. The Labute approximate surface area is 141 Å². The molecule has 0 fully saturated rings. The van der Waals surface area contributed by atoms with Gasteiger partial charge in [-0.25, -0.2) is 13.6 Å². The van der Waals surface area contributed by atoms with Gasteiger partial charge in [-0.2, -0.15) is 0 Å². The minimum absolute atomic E-state index is 0.00351. The van der Waals surface area contributed by atoms with Gasteiger partial charge in [-0.3, -0.25) is 4.79 Å². The van der Waals surface area contributed by atoms with Crippen molar-refractivity contribution in [1.82, 2.24) is 0 Å². The van der Waals surface area contributed by atoms with Crippen molar-refractivity contribution in [3.05, 3.63) is 53.6 Å². The molecular weight excluding hydrogens is 328 g/mol. The lowest BCUT2D eigenvalue weighted by Crippen LogP contribution is -2.17. The number of primary sulfonamides is 1. The van der Waals surface area contributed by atoms with Crippen LogP contribution in [0.15, 0.2) is 47.4 Å². The Kier molecular flexibility index (Phi) is 5.58. The van der Waals surface area contributed by atoms with Gasteiger partial charge in [0.2, 0.25) is 15.9 Å². The second-order valence-corrected chi connectivity index (χ2v) is 7.01. The number of aryl methyl sites for hydroxylation is 2. The molecule has 0 spiro atoms. The van der Waals surface area contributed by atoms with Gasteiger partial charge in [0.05, 0.1) is 17.9 Å². The van der Waals surface area contributed by atoms with Gasteiger partial charge in [-0.15, -0.1) is 0 Å². The van der Waals surface area contributed by atoms with E-state index in [4.69, 9.17) is 9.88 Å². The van der Waals surface area contributed by atoms with E-state index in [2.05, 4.69) is 5.32 Å². The maximum atomic E-state index is 11.9. The highest BCUT2D eigenvalue weighted by Gasteiger charge is 2.13. The van der Waals surface area contributed by atoms with Gasteiger partial charge in [-0.1, -0.05) is 23.8 Å². The smallest absolute Gasteiger partial charge is 0.238 e. The average Bonchev–Trinajstić information content (AvgIpc) is 2.50. The lowest BCUT2D eigenvalue weighted by molar-refractivity contribution is -0.116. The third-order valence-corrected chi connectivity index (χ3v) is 4.45. The van der Waals surface area contributed by atoms with Gasteiger partial charge in [0, 0.05) is 5.69 Å². The van der Waals surface area contributed by atoms with Gasteiger partial charge in [-0.05, 0) is 43.7 Å². The van der Waals surface area contributed by atoms with Crippen LogP contribution in [0.3, 0.4) is 0 Å². The fraction of sp³-hybridized carbons (Fsp3) is 0.235. The first-order chi connectivity index (χ1) is 11.3. The number of benzene rings is 2. The maximum Gasteiger partial charge on any atom is 0.238 e. The molecule has 1 amide bonds. The summed E-state index contributed by atoms with van der Waals surface area (Å²) in [5.41, 5.74) is 2.04. The summed E-state index contributed by atoms with van der Waals surface area (Å²) in [5, 5.41) is 7.79. The van der Waals surface area contributed by atoms with Crippen molar-refractivity contribution in [1.29, 1.82) is 0 Å². The first kappa shape index (κ1) is 18.0. The summed E-state index contributed by atoms with van der Waals surface area (Å²) >= 11 is 0. The lowest BCUT2D eigenvalue weighted by Gasteiger charge is -2.10. The zero-order valence-corrected chi connectivity index (χ0v) is 14.4. The van der Waals surface area contributed by atoms with Gasteiger partial charge in [0.25, 0.3) is 0 Å². The van der Waals surface area contributed by atoms with E-state index in [0.29, 0.717) is 17.0 Å². The molecule has 7 heteroatoms. The molecule has 24 heavy (non-hydrogen) atoms. The number of anilines is 1. The van der Waals surface area contributed by atoms with Crippen molar-refractivity contribution in [3.63, 3.8) is 0 Å². The van der Waals surface area contributed by atoms with E-state index in [0.717, 1.165) is 5.56 Å². The number of hydrogen-bond acceptors (Lipinski definition) is 4. The second-order valence-electron chi connectivity index (χ2n) is 5.48. The first-order valence-electron chi connectivity index (χ1n) is 7.38. The molecule has 0 aliphatic rings. The summed E-state index contributed by atoms with van der Waals surface area (Å²) in [6.07, 6.45) is 0.145. The molecule has 0 unspecified atom stereocenters. The fourth-order valence-electron chi connectivity index (χ4n) is 2.10. The summed E-state index contributed by atoms with van der Waals surface area (Å²) in [4.78, 5) is 11.9. The Morgan fingerprint density at radius 3 is 2.42 bits per heavy atom. The predicted octanol–water partition coefficient (Wildman–Crippen LogP) is 2.36. The largest absolute Gasteiger partial charge is 0.493 e. The average molecular weight is 348 g/mol. The van der Waals surface area contributed by atoms with Crippen molar-refractivity contribution in [2.45, 2.75) is 25.2 Å². The van der Waals surface area contributed by atoms with Crippen molar-refractivity contribution in [2.75, 3.05) is 11.9 Å². The molecule has 0 bridgehead atoms. The molecule has 2 rings (SSSR count). The molecule has 2 aromatic carbocycles. The SMILES string of the molecule is Cc1ccc(OCCC(=O)Nc2ccc(C)c(S(N)(=O)=O)c2)cc1. The number of nitrogens with one attached hydrogen (secondary N) is 1. The van der Waals surface area contributed by atoms with E-state index in [1.807, 2.05) is 31.2 Å². The second kappa shape index (κ2) is 7.46. The molecular formula is C17H20N2O4S. The Balaban J connectivity index is 1.92. The van der Waals surface area contributed by atoms with Gasteiger partial charge < -0.3 is 10.1 Å². The number of hydrogen-bond donors (Lipinski definition) is 2. The van der Waals surface area contributed by atoms with Crippen LogP contribution in [0.4, 0.5) is 5.69 Å². The number of sulfonamides is 1. The Morgan fingerprint density at radius 1 is 1.12 bits per heavy atom. The zero-order valence-electron chi connectivity index (χ0n) is 13.6. The molecule has 0 atom stereocenters. The van der Waals surface area contributed by atoms with Gasteiger partial charge in [0.1, 0.15) is 5.75 Å². The molecule has 0 aliphatic heterocycles. The number of amides is 1. The molecule has 0 saturated heterocycles. The molecule has 6 nitrogen and oxygen atoms in total. The van der Waals surface area contributed by atoms with Crippen LogP contribution >= 0.6 is 0 Å². The molecule has 128 valence electrons. The van der Waals surface area contributed by atoms with Crippen LogP contribution in [0.25, 0.3) is 0 Å². The summed E-state index contributed by atoms with van der Waals surface area (Å²) in [6, 6.07) is 12.1. The summed E-state index contributed by atoms with van der Waals surface area (Å²) in [7, 11) is -3.82. The predicted molar refractivity (Wildman–Crippen MR) is 92.5 cm³/mol. The van der Waals surface area contributed by atoms with Crippen LogP contribution in [-0.4, -0.2) is 20.9 Å². The van der Waals surface area contributed by atoms with Crippen LogP contribution in [0.1, 0.15) is 17.5 Å². The standard InChI is InChI=1S/C17H20N2O4S/c1-12-3-7-15(8-4-12)23-10-9-17(20)19-14-6-5-13(2)16(11-14)24(18,21)22/h3-8,11H,9-10H2,1-2H3,(H,19,20)(H2,18,21,22). The number of carbonyl (C=O) groups is 1. The van der Waals surface area contributed by atoms with Crippen molar-refractivity contribution in [2.24, 2.45) is 5.14 Å². The Morgan fingerprint density at radius 2 is 1.79 bits per heavy atom.